The number of benzene rings is 4. The second kappa shape index (κ2) is 54.8. The predicted octanol–water partition coefficient (Wildman–Crippen LogP) is 13.3. The van der Waals surface area contributed by atoms with Crippen molar-refractivity contribution >= 4 is 33.6 Å². The Morgan fingerprint density at radius 2 is 0.915 bits per heavy atom. The third-order valence-corrected chi connectivity index (χ3v) is 24.7. The van der Waals surface area contributed by atoms with Crippen LogP contribution in [-0.2, 0) is 96.6 Å². The van der Waals surface area contributed by atoms with Gasteiger partial charge in [-0.2, -0.15) is 5.26 Å². The first-order valence-electron chi connectivity index (χ1n) is 41.1. The fourth-order valence-corrected chi connectivity index (χ4v) is 16.5. The van der Waals surface area contributed by atoms with Crippen molar-refractivity contribution in [3.63, 3.8) is 0 Å². The molecule has 5 unspecified atom stereocenters. The number of carbonyl (C=O) groups is 1. The van der Waals surface area contributed by atoms with E-state index in [4.69, 9.17) is 69.6 Å². The van der Waals surface area contributed by atoms with E-state index in [0.717, 1.165) is 48.2 Å². The molecule has 6 heterocycles. The van der Waals surface area contributed by atoms with E-state index in [1.807, 2.05) is 135 Å². The first-order valence-corrected chi connectivity index (χ1v) is 43.7. The summed E-state index contributed by atoms with van der Waals surface area (Å²) < 4.78 is 191. The van der Waals surface area contributed by atoms with Crippen molar-refractivity contribution in [2.75, 3.05) is 86.3 Å². The number of aliphatic hydroxyl groups excluding tert-OH is 5. The fourth-order valence-electron chi connectivity index (χ4n) is 13.2. The van der Waals surface area contributed by atoms with Crippen molar-refractivity contribution in [3.8, 4) is 6.07 Å². The Labute approximate surface area is 699 Å². The van der Waals surface area contributed by atoms with Gasteiger partial charge in [-0.15, -0.1) is 0 Å². The predicted molar refractivity (Wildman–Crippen MR) is 440 cm³/mol. The van der Waals surface area contributed by atoms with Crippen molar-refractivity contribution in [1.82, 2.24) is 4.67 Å². The van der Waals surface area contributed by atoms with Crippen molar-refractivity contribution in [1.29, 1.82) is 6.69 Å². The van der Waals surface area contributed by atoms with Gasteiger partial charge in [-0.1, -0.05) is 184 Å². The van der Waals surface area contributed by atoms with Gasteiger partial charge in [0, 0.05) is 69.2 Å². The summed E-state index contributed by atoms with van der Waals surface area (Å²) in [4.78, 5) is 10.9. The molecule has 4 aromatic carbocycles. The standard InChI is InChI=1S/C17H32FN2O3P.C15H21FO4.2C15H21FO3Si.C14H17FO3.C8H15FO3.CH4O.CH4/c1-6-10-20(11-7-2)24(22-12-8-9-19)23-16-15(18)14(3)13-21-17(16,4)5;1-11-7-20-15(9-17,10-18)14(13(11)16)19-8-12-5-3-2-4-6-12;2*1-11-8-19-15(2,10-20-17)14(13(11)16)18-9-12-6-4-3-5-7-12;1-10-8-17-12(7-16)14(13(10)15)18-9-11-5-3-2-4-6-11;1-5-3-12-8(2,4-10)7(11)6(5)9;1-2;/h14-16H,6-8,10-13H2,1-5H3;2-6,11,13-14,17-18H,7-10H2,1H3;2*3-7,11,13-14,20H,8-10H2,1-2H3;2-7,10,12-14H,8-9H2,1H3;5-7,10-11H,3-4H2,1-2H3;2H,1H3;1H4/t14-,15+,16+,24?;11-,13-,14?;11-,13+,14?,15-;11-,13-,14?,15+;10-,12+,13-,14?;5-,6+,7+,8-;;/m101001../s1/i4D;;;;;;2T;/t14-,15+,16+,17+,24?;;;;;;;. The van der Waals surface area contributed by atoms with Gasteiger partial charge in [0.05, 0.1) is 122 Å². The van der Waals surface area contributed by atoms with E-state index in [-0.39, 0.29) is 109 Å². The van der Waals surface area contributed by atoms with Gasteiger partial charge in [0.25, 0.3) is 27.3 Å². The smallest absolute Gasteiger partial charge is 0.264 e. The Morgan fingerprint density at radius 1 is 0.556 bits per heavy atom. The van der Waals surface area contributed by atoms with E-state index < -0.39 is 148 Å². The molecule has 10 rings (SSSR count). The van der Waals surface area contributed by atoms with E-state index in [0.29, 0.717) is 44.8 Å². The van der Waals surface area contributed by atoms with E-state index in [9.17, 15) is 55.4 Å². The second-order valence-corrected chi connectivity index (χ2v) is 34.4. The molecule has 0 aliphatic carbocycles. The monoisotopic (exact) mass is 1720 g/mol. The Kier molecular flexibility index (Phi) is 48.2. The highest BCUT2D eigenvalue weighted by atomic mass is 31.2. The number of aldehydes is 1. The third kappa shape index (κ3) is 32.5. The summed E-state index contributed by atoms with van der Waals surface area (Å²) in [6, 6.07) is 40.9. The van der Waals surface area contributed by atoms with Crippen molar-refractivity contribution in [2.24, 2.45) is 35.5 Å². The number of hydrogen-bond donors (Lipinski definition) is 5. The molecule has 6 aliphatic heterocycles. The van der Waals surface area contributed by atoms with Gasteiger partial charge in [-0.3, -0.25) is 0 Å². The molecular formula is C86H135F6N2O20PSi2. The van der Waals surface area contributed by atoms with Gasteiger partial charge in [0.15, 0.2) is 6.29 Å². The van der Waals surface area contributed by atoms with Gasteiger partial charge in [-0.05, 0) is 69.7 Å². The number of ether oxygens (including phenoxy) is 10. The Balaban J connectivity index is 0.000000369. The van der Waals surface area contributed by atoms with Crippen LogP contribution in [0.5, 0.6) is 0 Å². The Morgan fingerprint density at radius 3 is 1.29 bits per heavy atom. The highest BCUT2D eigenvalue weighted by Crippen LogP contribution is 2.49. The maximum atomic E-state index is 14.9. The second-order valence-electron chi connectivity index (χ2n) is 31.4. The minimum Gasteiger partial charge on any atom is -0.400 e. The van der Waals surface area contributed by atoms with E-state index in [1.54, 1.807) is 48.5 Å². The number of aliphatic hydroxyl groups is 5. The van der Waals surface area contributed by atoms with Crippen LogP contribution in [-0.4, -0.2) is 251 Å². The normalized spacial score (nSPS) is 33.4. The van der Waals surface area contributed by atoms with E-state index >= 15 is 0 Å². The lowest BCUT2D eigenvalue weighted by atomic mass is 9.85. The minimum atomic E-state index is -1.50. The van der Waals surface area contributed by atoms with Crippen LogP contribution in [0.3, 0.4) is 0 Å². The average Bonchev–Trinajstić information content (AvgIpc) is 0.805. The minimum absolute atomic E-state index is 0. The quantitative estimate of drug-likeness (QED) is 0.0107. The van der Waals surface area contributed by atoms with Gasteiger partial charge < -0.3 is 95.7 Å². The van der Waals surface area contributed by atoms with Crippen molar-refractivity contribution < 1.29 is 123 Å². The molecule has 0 bridgehead atoms. The number of carbonyl (C=O) groups excluding carboxylic acids is 1. The lowest BCUT2D eigenvalue weighted by Crippen LogP contribution is -2.62. The highest BCUT2D eigenvalue weighted by Gasteiger charge is 2.53. The molecular weight excluding hydrogens is 1580 g/mol. The first kappa shape index (κ1) is 103. The van der Waals surface area contributed by atoms with E-state index in [1.165, 1.54) is 14.0 Å². The van der Waals surface area contributed by atoms with Crippen molar-refractivity contribution in [3.05, 3.63) is 144 Å². The average molecular weight is 1720 g/mol. The first-order chi connectivity index (χ1) is 56.3. The summed E-state index contributed by atoms with van der Waals surface area (Å²) in [6.07, 6.45) is -10.5. The molecule has 24 atom stereocenters. The highest BCUT2D eigenvalue weighted by molar-refractivity contribution is 7.44. The van der Waals surface area contributed by atoms with Crippen LogP contribution < -0.4 is 0 Å². The molecule has 0 amide bonds. The number of nitriles is 1. The van der Waals surface area contributed by atoms with Crippen LogP contribution in [0.15, 0.2) is 121 Å². The molecule has 0 saturated carbocycles. The van der Waals surface area contributed by atoms with Gasteiger partial charge in [0.1, 0.15) is 91.0 Å². The molecule has 31 heteroatoms. The molecule has 0 aromatic heterocycles. The zero-order chi connectivity index (χ0) is 87.7. The molecule has 6 aliphatic rings. The van der Waals surface area contributed by atoms with Crippen LogP contribution in [0, 0.1) is 46.8 Å². The van der Waals surface area contributed by atoms with Crippen LogP contribution in [0.2, 0.25) is 12.1 Å². The summed E-state index contributed by atoms with van der Waals surface area (Å²) in [6.45, 7) is 24.8. The van der Waals surface area contributed by atoms with Crippen LogP contribution in [0.25, 0.3) is 0 Å². The van der Waals surface area contributed by atoms with Gasteiger partial charge in [0.2, 0.25) is 1.43 Å². The van der Waals surface area contributed by atoms with Gasteiger partial charge >= 0.3 is 0 Å². The maximum Gasteiger partial charge on any atom is 0.264 e. The number of nitrogens with zero attached hydrogens (tertiary/aromatic N) is 2. The van der Waals surface area contributed by atoms with Crippen LogP contribution in [0.1, 0.15) is 140 Å². The summed E-state index contributed by atoms with van der Waals surface area (Å²) in [5, 5.41) is 49.5. The number of rotatable bonds is 30. The summed E-state index contributed by atoms with van der Waals surface area (Å²) in [5.41, 5.74) is -1.24. The molecule has 6 saturated heterocycles. The zero-order valence-corrected chi connectivity index (χ0v) is 72.9. The topological polar surface area (TPSA) is 290 Å². The number of alkyl halides is 6. The van der Waals surface area contributed by atoms with E-state index in [2.05, 4.69) is 29.7 Å². The fraction of sp³-hybridized carbons (Fsp3) is 0.698. The summed E-state index contributed by atoms with van der Waals surface area (Å²) in [7, 11) is -2.19. The number of halogens is 6. The lowest BCUT2D eigenvalue weighted by Gasteiger charge is -2.45. The third-order valence-electron chi connectivity index (χ3n) is 21.1. The summed E-state index contributed by atoms with van der Waals surface area (Å²) in [5.74, 6) is -1.58. The van der Waals surface area contributed by atoms with Crippen LogP contribution >= 0.6 is 8.53 Å². The van der Waals surface area contributed by atoms with Crippen LogP contribution in [0.4, 0.5) is 26.3 Å². The molecule has 4 aromatic rings. The molecule has 0 radical (unpaired) electrons. The molecule has 117 heavy (non-hydrogen) atoms. The maximum absolute atomic E-state index is 14.9. The number of hydrogen-bond acceptors (Lipinski definition) is 22. The van der Waals surface area contributed by atoms with Crippen molar-refractivity contribution in [2.45, 2.75) is 263 Å². The Hall–Kier alpha value is -4.64. The molecule has 0 spiro atoms. The Bertz CT molecular complexity index is 3320. The molecule has 5 N–H and O–H groups in total. The lowest BCUT2D eigenvalue weighted by molar-refractivity contribution is -0.246. The zero-order valence-electron chi connectivity index (χ0n) is 71.7. The molecule has 6 fully saturated rings. The molecule has 22 nitrogen and oxygen atoms in total. The molecule has 664 valence electrons. The largest absolute Gasteiger partial charge is 0.400 e. The van der Waals surface area contributed by atoms with Gasteiger partial charge in [-0.25, -0.2) is 31.0 Å². The SMILES string of the molecule is C.C[C@@H]1CO[C@](C)(CO)[C@@H](O)[C@H]1F.C[C@@H]1CO[C@](C)(C[SiH]=O)C(OCc2ccccc2)[C@H]1F.C[C@H]1COC(CO)(CO)C(OCc2ccccc2)[C@H]1F.C[C@H]1CO[C@H](C=O)C(OCc2ccccc2)[C@H]1F.C[C@H]1CO[C@](C)(C[SiH]=O)C(OCc2ccccc2)[C@H]1F.[2H]C[C@@]1(C)OC[C@@H](C)[C@H](F)[C@@H]1OP(OCCC#N)N(CCC)CCC.[3H]OC. The summed E-state index contributed by atoms with van der Waals surface area (Å²) >= 11 is 0.